The first-order valence-electron chi connectivity index (χ1n) is 10.3. The molecule has 0 aromatic heterocycles. The summed E-state index contributed by atoms with van der Waals surface area (Å²) >= 11 is 0. The van der Waals surface area contributed by atoms with Crippen LogP contribution in [0.5, 0.6) is 0 Å². The Balaban J connectivity index is 1.53. The van der Waals surface area contributed by atoms with Crippen LogP contribution in [0.1, 0.15) is 41.4 Å². The molecule has 0 saturated heterocycles. The molecular formula is C26H24FN3O3. The van der Waals surface area contributed by atoms with Gasteiger partial charge in [-0.1, -0.05) is 24.3 Å². The minimum absolute atomic E-state index is 0.144. The quantitative estimate of drug-likeness (QED) is 0.451. The normalized spacial score (nSPS) is 11.6. The maximum Gasteiger partial charge on any atom is 0.255 e. The Morgan fingerprint density at radius 2 is 1.39 bits per heavy atom. The molecule has 3 N–H and O–H groups in total. The molecule has 3 aromatic carbocycles. The van der Waals surface area contributed by atoms with Gasteiger partial charge in [-0.2, -0.15) is 0 Å². The molecule has 0 saturated carbocycles. The summed E-state index contributed by atoms with van der Waals surface area (Å²) in [6.45, 7) is 3.30. The maximum absolute atomic E-state index is 13.0. The average Bonchev–Trinajstić information content (AvgIpc) is 2.79. The summed E-state index contributed by atoms with van der Waals surface area (Å²) in [6, 6.07) is 19.3. The molecule has 1 atom stereocenters. The summed E-state index contributed by atoms with van der Waals surface area (Å²) < 4.78 is 13.0. The highest BCUT2D eigenvalue weighted by Gasteiger charge is 2.09. The van der Waals surface area contributed by atoms with E-state index in [0.29, 0.717) is 16.9 Å². The molecule has 7 heteroatoms. The zero-order valence-corrected chi connectivity index (χ0v) is 18.3. The number of halogens is 1. The lowest BCUT2D eigenvalue weighted by Gasteiger charge is -2.14. The highest BCUT2D eigenvalue weighted by atomic mass is 19.1. The number of nitrogens with one attached hydrogen (secondary N) is 3. The number of anilines is 2. The number of carbonyl (C=O) groups is 3. The minimum Gasteiger partial charge on any atom is -0.346 e. The third-order valence-corrected chi connectivity index (χ3v) is 4.79. The Kier molecular flexibility index (Phi) is 7.70. The molecule has 3 amide bonds. The van der Waals surface area contributed by atoms with Crippen LogP contribution in [0, 0.1) is 5.82 Å². The second-order valence-corrected chi connectivity index (χ2v) is 7.45. The molecular weight excluding hydrogens is 421 g/mol. The lowest BCUT2D eigenvalue weighted by Crippen LogP contribution is -2.24. The average molecular weight is 445 g/mol. The predicted octanol–water partition coefficient (Wildman–Crippen LogP) is 4.93. The molecule has 3 aromatic rings. The Bertz CT molecular complexity index is 1150. The Hall–Kier alpha value is -4.26. The van der Waals surface area contributed by atoms with Crippen molar-refractivity contribution in [2.45, 2.75) is 19.9 Å². The zero-order chi connectivity index (χ0) is 23.8. The van der Waals surface area contributed by atoms with Gasteiger partial charge in [0.05, 0.1) is 6.04 Å². The van der Waals surface area contributed by atoms with Gasteiger partial charge < -0.3 is 16.0 Å². The monoisotopic (exact) mass is 445 g/mol. The van der Waals surface area contributed by atoms with Crippen LogP contribution in [0.4, 0.5) is 15.8 Å². The van der Waals surface area contributed by atoms with Gasteiger partial charge in [0.25, 0.3) is 5.91 Å². The van der Waals surface area contributed by atoms with E-state index in [-0.39, 0.29) is 23.8 Å². The van der Waals surface area contributed by atoms with Crippen LogP contribution in [-0.4, -0.2) is 17.7 Å². The molecule has 0 fully saturated rings. The van der Waals surface area contributed by atoms with Crippen LogP contribution >= 0.6 is 0 Å². The van der Waals surface area contributed by atoms with E-state index in [0.717, 1.165) is 11.1 Å². The zero-order valence-electron chi connectivity index (χ0n) is 18.3. The number of amides is 3. The van der Waals surface area contributed by atoms with Crippen molar-refractivity contribution in [3.63, 3.8) is 0 Å². The van der Waals surface area contributed by atoms with Crippen LogP contribution in [0.2, 0.25) is 0 Å². The first-order chi connectivity index (χ1) is 15.8. The minimum atomic E-state index is -0.401. The highest BCUT2D eigenvalue weighted by Crippen LogP contribution is 2.17. The smallest absolute Gasteiger partial charge is 0.255 e. The van der Waals surface area contributed by atoms with Gasteiger partial charge in [-0.15, -0.1) is 0 Å². The lowest BCUT2D eigenvalue weighted by molar-refractivity contribution is -0.117. The molecule has 6 nitrogen and oxygen atoms in total. The fourth-order valence-corrected chi connectivity index (χ4v) is 3.06. The van der Waals surface area contributed by atoms with Crippen LogP contribution in [0.3, 0.4) is 0 Å². The summed E-state index contributed by atoms with van der Waals surface area (Å²) in [5.41, 5.74) is 3.34. The standard InChI is InChI=1S/C26H24FN3O3/c1-17(28-25(32)16-5-19-3-12-23(13-4-19)29-18(2)31)20-8-14-24(15-9-20)30-26(33)21-6-10-22(27)11-7-21/h3-17H,1-2H3,(H,28,32)(H,29,31)(H,30,33)/b16-5+. The predicted molar refractivity (Wildman–Crippen MR) is 127 cm³/mol. The summed E-state index contributed by atoms with van der Waals surface area (Å²) in [7, 11) is 0. The van der Waals surface area contributed by atoms with E-state index in [1.165, 1.54) is 37.3 Å². The number of carbonyl (C=O) groups excluding carboxylic acids is 3. The van der Waals surface area contributed by atoms with E-state index in [1.807, 2.05) is 19.1 Å². The van der Waals surface area contributed by atoms with Gasteiger partial charge in [-0.25, -0.2) is 4.39 Å². The summed E-state index contributed by atoms with van der Waals surface area (Å²) in [5.74, 6) is -1.13. The number of hydrogen-bond acceptors (Lipinski definition) is 3. The summed E-state index contributed by atoms with van der Waals surface area (Å²) in [4.78, 5) is 35.6. The third-order valence-electron chi connectivity index (χ3n) is 4.79. The highest BCUT2D eigenvalue weighted by molar-refractivity contribution is 6.04. The Labute approximate surface area is 191 Å². The van der Waals surface area contributed by atoms with Gasteiger partial charge in [-0.05, 0) is 72.7 Å². The van der Waals surface area contributed by atoms with Crippen LogP contribution in [0.15, 0.2) is 78.9 Å². The van der Waals surface area contributed by atoms with Crippen molar-refractivity contribution in [2.24, 2.45) is 0 Å². The topological polar surface area (TPSA) is 87.3 Å². The van der Waals surface area contributed by atoms with E-state index in [1.54, 1.807) is 42.5 Å². The van der Waals surface area contributed by atoms with Crippen molar-refractivity contribution in [2.75, 3.05) is 10.6 Å². The van der Waals surface area contributed by atoms with Gasteiger partial charge in [0, 0.05) is 29.9 Å². The number of benzene rings is 3. The molecule has 0 bridgehead atoms. The van der Waals surface area contributed by atoms with Crippen LogP contribution in [0.25, 0.3) is 6.08 Å². The van der Waals surface area contributed by atoms with Crippen molar-refractivity contribution in [1.82, 2.24) is 5.32 Å². The number of rotatable bonds is 7. The van der Waals surface area contributed by atoms with E-state index in [9.17, 15) is 18.8 Å². The van der Waals surface area contributed by atoms with E-state index in [2.05, 4.69) is 16.0 Å². The maximum atomic E-state index is 13.0. The van der Waals surface area contributed by atoms with Crippen LogP contribution in [-0.2, 0) is 9.59 Å². The molecule has 33 heavy (non-hydrogen) atoms. The molecule has 0 heterocycles. The van der Waals surface area contributed by atoms with Crippen molar-refractivity contribution in [3.05, 3.63) is 101 Å². The first kappa shape index (κ1) is 23.4. The molecule has 0 aliphatic heterocycles. The number of hydrogen-bond donors (Lipinski definition) is 3. The van der Waals surface area contributed by atoms with Crippen molar-refractivity contribution >= 4 is 35.2 Å². The second-order valence-electron chi connectivity index (χ2n) is 7.45. The molecule has 1 unspecified atom stereocenters. The van der Waals surface area contributed by atoms with Gasteiger partial charge in [0.15, 0.2) is 0 Å². The Morgan fingerprint density at radius 3 is 2.00 bits per heavy atom. The van der Waals surface area contributed by atoms with Gasteiger partial charge in [0.2, 0.25) is 11.8 Å². The van der Waals surface area contributed by atoms with Crippen molar-refractivity contribution in [3.8, 4) is 0 Å². The van der Waals surface area contributed by atoms with E-state index >= 15 is 0 Å². The summed E-state index contributed by atoms with van der Waals surface area (Å²) in [5, 5.41) is 8.33. The van der Waals surface area contributed by atoms with E-state index < -0.39 is 5.82 Å². The van der Waals surface area contributed by atoms with Gasteiger partial charge in [0.1, 0.15) is 5.82 Å². The first-order valence-corrected chi connectivity index (χ1v) is 10.3. The van der Waals surface area contributed by atoms with Crippen molar-refractivity contribution in [1.29, 1.82) is 0 Å². The molecule has 168 valence electrons. The van der Waals surface area contributed by atoms with Gasteiger partial charge >= 0.3 is 0 Å². The van der Waals surface area contributed by atoms with Gasteiger partial charge in [-0.3, -0.25) is 14.4 Å². The summed E-state index contributed by atoms with van der Waals surface area (Å²) in [6.07, 6.45) is 3.13. The fourth-order valence-electron chi connectivity index (χ4n) is 3.06. The third kappa shape index (κ3) is 7.14. The molecule has 0 spiro atoms. The Morgan fingerprint density at radius 1 is 0.818 bits per heavy atom. The molecule has 0 aliphatic carbocycles. The second kappa shape index (κ2) is 10.9. The van der Waals surface area contributed by atoms with Crippen LogP contribution < -0.4 is 16.0 Å². The largest absolute Gasteiger partial charge is 0.346 e. The molecule has 3 rings (SSSR count). The molecule has 0 aliphatic rings. The fraction of sp³-hybridized carbons (Fsp3) is 0.115. The molecule has 0 radical (unpaired) electrons. The SMILES string of the molecule is CC(=O)Nc1ccc(/C=C/C(=O)NC(C)c2ccc(NC(=O)c3ccc(F)cc3)cc2)cc1. The lowest BCUT2D eigenvalue weighted by atomic mass is 10.1. The van der Waals surface area contributed by atoms with E-state index in [4.69, 9.17) is 0 Å². The van der Waals surface area contributed by atoms with Crippen molar-refractivity contribution < 1.29 is 18.8 Å².